The largest absolute Gasteiger partial charge is 0.456 e. The molecule has 1 aromatic heterocycles. The molecule has 0 fully saturated rings. The molecular formula is C20H23NO4S. The summed E-state index contributed by atoms with van der Waals surface area (Å²) in [6.07, 6.45) is 0.791. The number of carbonyl (C=O) groups excluding carboxylic acids is 3. The van der Waals surface area contributed by atoms with E-state index in [0.29, 0.717) is 4.88 Å². The van der Waals surface area contributed by atoms with Gasteiger partial charge in [0.1, 0.15) is 0 Å². The van der Waals surface area contributed by atoms with Crippen molar-refractivity contribution < 1.29 is 19.1 Å². The van der Waals surface area contributed by atoms with E-state index < -0.39 is 5.97 Å². The molecule has 2 aromatic rings. The third-order valence-electron chi connectivity index (χ3n) is 3.94. The van der Waals surface area contributed by atoms with Crippen molar-refractivity contribution in [2.45, 2.75) is 39.2 Å². The van der Waals surface area contributed by atoms with Crippen molar-refractivity contribution >= 4 is 29.0 Å². The molecule has 0 bridgehead atoms. The van der Waals surface area contributed by atoms with Gasteiger partial charge in [-0.05, 0) is 30.4 Å². The number of benzene rings is 1. The predicted molar refractivity (Wildman–Crippen MR) is 101 cm³/mol. The van der Waals surface area contributed by atoms with Gasteiger partial charge in [-0.25, -0.2) is 0 Å². The molecule has 2 rings (SSSR count). The Labute approximate surface area is 157 Å². The molecule has 1 aromatic carbocycles. The standard InChI is InChI=1S/C20H23NO4S/c1-3-16(15-8-6-14(2)7-9-15)21-19(23)13-25-20(24)11-10-17(22)18-5-4-12-26-18/h4-9,12,16H,3,10-11,13H2,1-2H3,(H,21,23). The molecule has 0 aliphatic carbocycles. The number of ether oxygens (including phenoxy) is 1. The van der Waals surface area contributed by atoms with Gasteiger partial charge in [0.05, 0.1) is 17.3 Å². The van der Waals surface area contributed by atoms with Crippen molar-refractivity contribution in [2.75, 3.05) is 6.61 Å². The monoisotopic (exact) mass is 373 g/mol. The number of thiophene rings is 1. The van der Waals surface area contributed by atoms with Crippen molar-refractivity contribution in [3.63, 3.8) is 0 Å². The van der Waals surface area contributed by atoms with E-state index in [9.17, 15) is 14.4 Å². The summed E-state index contributed by atoms with van der Waals surface area (Å²) in [7, 11) is 0. The first-order chi connectivity index (χ1) is 12.5. The Balaban J connectivity index is 1.73. The number of amides is 1. The van der Waals surface area contributed by atoms with Crippen LogP contribution in [-0.4, -0.2) is 24.3 Å². The van der Waals surface area contributed by atoms with Crippen LogP contribution in [0.3, 0.4) is 0 Å². The molecule has 1 amide bonds. The van der Waals surface area contributed by atoms with Crippen LogP contribution >= 0.6 is 11.3 Å². The summed E-state index contributed by atoms with van der Waals surface area (Å²) in [6.45, 7) is 3.65. The lowest BCUT2D eigenvalue weighted by atomic mass is 10.0. The van der Waals surface area contributed by atoms with Crippen LogP contribution in [0, 0.1) is 6.92 Å². The van der Waals surface area contributed by atoms with E-state index in [2.05, 4.69) is 5.32 Å². The van der Waals surface area contributed by atoms with Crippen LogP contribution in [-0.2, 0) is 14.3 Å². The average Bonchev–Trinajstić information content (AvgIpc) is 3.18. The molecule has 0 aliphatic rings. The Hall–Kier alpha value is -2.47. The summed E-state index contributed by atoms with van der Waals surface area (Å²) in [5.74, 6) is -0.990. The predicted octanol–water partition coefficient (Wildman–Crippen LogP) is 3.83. The van der Waals surface area contributed by atoms with Crippen LogP contribution in [0.5, 0.6) is 0 Å². The minimum absolute atomic E-state index is 0.0286. The molecule has 5 nitrogen and oxygen atoms in total. The lowest BCUT2D eigenvalue weighted by Crippen LogP contribution is -2.32. The molecule has 1 N–H and O–H groups in total. The van der Waals surface area contributed by atoms with E-state index in [4.69, 9.17) is 4.74 Å². The first-order valence-electron chi connectivity index (χ1n) is 8.58. The van der Waals surface area contributed by atoms with Gasteiger partial charge in [0.15, 0.2) is 12.4 Å². The molecule has 0 saturated carbocycles. The van der Waals surface area contributed by atoms with Crippen LogP contribution in [0.15, 0.2) is 41.8 Å². The van der Waals surface area contributed by atoms with E-state index in [1.54, 1.807) is 12.1 Å². The molecule has 0 aliphatic heterocycles. The first-order valence-corrected chi connectivity index (χ1v) is 9.45. The minimum Gasteiger partial charge on any atom is -0.456 e. The zero-order valence-electron chi connectivity index (χ0n) is 15.0. The Morgan fingerprint density at radius 3 is 2.46 bits per heavy atom. The van der Waals surface area contributed by atoms with E-state index >= 15 is 0 Å². The highest BCUT2D eigenvalue weighted by Crippen LogP contribution is 2.17. The summed E-state index contributed by atoms with van der Waals surface area (Å²) in [6, 6.07) is 11.3. The Kier molecular flexibility index (Phi) is 7.53. The number of aryl methyl sites for hydroxylation is 1. The molecule has 0 radical (unpaired) electrons. The van der Waals surface area contributed by atoms with Crippen molar-refractivity contribution in [3.8, 4) is 0 Å². The quantitative estimate of drug-likeness (QED) is 0.536. The van der Waals surface area contributed by atoms with E-state index in [-0.39, 0.29) is 37.2 Å². The smallest absolute Gasteiger partial charge is 0.306 e. The summed E-state index contributed by atoms with van der Waals surface area (Å²) in [5, 5.41) is 4.68. The lowest BCUT2D eigenvalue weighted by molar-refractivity contribution is -0.148. The zero-order chi connectivity index (χ0) is 18.9. The van der Waals surface area contributed by atoms with E-state index in [1.807, 2.05) is 43.5 Å². The second-order valence-electron chi connectivity index (χ2n) is 6.00. The molecule has 138 valence electrons. The fraction of sp³-hybridized carbons (Fsp3) is 0.350. The molecule has 0 saturated heterocycles. The molecule has 1 atom stereocenters. The van der Waals surface area contributed by atoms with E-state index in [1.165, 1.54) is 11.3 Å². The van der Waals surface area contributed by atoms with Crippen molar-refractivity contribution in [1.29, 1.82) is 0 Å². The number of Topliss-reactive ketones (excluding diaryl/α,β-unsaturated/α-hetero) is 1. The van der Waals surface area contributed by atoms with Crippen LogP contribution in [0.2, 0.25) is 0 Å². The van der Waals surface area contributed by atoms with Gasteiger partial charge < -0.3 is 10.1 Å². The number of ketones is 1. The summed E-state index contributed by atoms with van der Waals surface area (Å²) < 4.78 is 4.97. The molecule has 6 heteroatoms. The van der Waals surface area contributed by atoms with E-state index in [0.717, 1.165) is 17.5 Å². The van der Waals surface area contributed by atoms with Gasteiger partial charge in [0.2, 0.25) is 0 Å². The Morgan fingerprint density at radius 2 is 1.85 bits per heavy atom. The Bertz CT molecular complexity index is 738. The normalized spacial score (nSPS) is 11.6. The van der Waals surface area contributed by atoms with Crippen LogP contribution in [0.1, 0.15) is 53.0 Å². The fourth-order valence-electron chi connectivity index (χ4n) is 2.45. The van der Waals surface area contributed by atoms with Crippen LogP contribution in [0.4, 0.5) is 0 Å². The fourth-order valence-corrected chi connectivity index (χ4v) is 3.14. The molecule has 1 heterocycles. The maximum atomic E-state index is 12.0. The SMILES string of the molecule is CCC(NC(=O)COC(=O)CCC(=O)c1cccs1)c1ccc(C)cc1. The van der Waals surface area contributed by atoms with Crippen molar-refractivity contribution in [1.82, 2.24) is 5.32 Å². The maximum absolute atomic E-state index is 12.0. The average molecular weight is 373 g/mol. The second-order valence-corrected chi connectivity index (χ2v) is 6.95. The minimum atomic E-state index is -0.548. The molecule has 1 unspecified atom stereocenters. The van der Waals surface area contributed by atoms with Gasteiger partial charge in [-0.3, -0.25) is 14.4 Å². The highest BCUT2D eigenvalue weighted by molar-refractivity contribution is 7.12. The maximum Gasteiger partial charge on any atom is 0.306 e. The number of esters is 1. The summed E-state index contributed by atoms with van der Waals surface area (Å²) >= 11 is 1.34. The van der Waals surface area contributed by atoms with Gasteiger partial charge in [-0.2, -0.15) is 0 Å². The summed E-state index contributed by atoms with van der Waals surface area (Å²) in [4.78, 5) is 36.2. The van der Waals surface area contributed by atoms with Crippen LogP contribution < -0.4 is 5.32 Å². The van der Waals surface area contributed by atoms with Gasteiger partial charge >= 0.3 is 5.97 Å². The molecular weight excluding hydrogens is 350 g/mol. The highest BCUT2D eigenvalue weighted by atomic mass is 32.1. The van der Waals surface area contributed by atoms with Gasteiger partial charge in [-0.1, -0.05) is 42.8 Å². The Morgan fingerprint density at radius 1 is 1.12 bits per heavy atom. The van der Waals surface area contributed by atoms with Crippen LogP contribution in [0.25, 0.3) is 0 Å². The second kappa shape index (κ2) is 9.87. The zero-order valence-corrected chi connectivity index (χ0v) is 15.8. The number of nitrogens with one attached hydrogen (secondary N) is 1. The molecule has 26 heavy (non-hydrogen) atoms. The lowest BCUT2D eigenvalue weighted by Gasteiger charge is -2.17. The third kappa shape index (κ3) is 6.11. The topological polar surface area (TPSA) is 72.5 Å². The molecule has 0 spiro atoms. The van der Waals surface area contributed by atoms with Crippen molar-refractivity contribution in [2.24, 2.45) is 0 Å². The first kappa shape index (κ1) is 19.8. The van der Waals surface area contributed by atoms with Gasteiger partial charge in [0, 0.05) is 6.42 Å². The number of rotatable bonds is 9. The summed E-state index contributed by atoms with van der Waals surface area (Å²) in [5.41, 5.74) is 2.17. The third-order valence-corrected chi connectivity index (χ3v) is 4.85. The highest BCUT2D eigenvalue weighted by Gasteiger charge is 2.15. The van der Waals surface area contributed by atoms with Gasteiger partial charge in [0.25, 0.3) is 5.91 Å². The number of carbonyl (C=O) groups is 3. The number of hydrogen-bond donors (Lipinski definition) is 1. The van der Waals surface area contributed by atoms with Gasteiger partial charge in [-0.15, -0.1) is 11.3 Å². The van der Waals surface area contributed by atoms with Crippen molar-refractivity contribution in [3.05, 3.63) is 57.8 Å². The number of hydrogen-bond acceptors (Lipinski definition) is 5.